The summed E-state index contributed by atoms with van der Waals surface area (Å²) >= 11 is 0. The van der Waals surface area contributed by atoms with Crippen LogP contribution < -0.4 is 0 Å². The summed E-state index contributed by atoms with van der Waals surface area (Å²) in [4.78, 5) is 11.8. The number of carbonyl (C=O) groups is 1. The smallest absolute Gasteiger partial charge is 0.338 e. The predicted octanol–water partition coefficient (Wildman–Crippen LogP) is 4.49. The number of phenolic OH excluding ortho intramolecular Hbond substituents is 1. The number of carbonyl (C=O) groups excluding carboxylic acids is 1. The van der Waals surface area contributed by atoms with Crippen LogP contribution >= 0.6 is 0 Å². The standard InChI is InChI=1S/C22H18F2O5S/c1-2-29-22(26)15-5-10-21(25)16(11-15)13-30(27,28)18-7-3-14(4-8-18)19-9-6-17(23)12-20(19)24/h3-12,25H,2,13H2,1H3. The number of phenols is 1. The minimum atomic E-state index is -3.87. The van der Waals surface area contributed by atoms with Gasteiger partial charge in [0.05, 0.1) is 22.8 Å². The highest BCUT2D eigenvalue weighted by molar-refractivity contribution is 7.90. The van der Waals surface area contributed by atoms with Crippen LogP contribution in [0.1, 0.15) is 22.8 Å². The lowest BCUT2D eigenvalue weighted by molar-refractivity contribution is 0.0526. The lowest BCUT2D eigenvalue weighted by Crippen LogP contribution is -2.08. The lowest BCUT2D eigenvalue weighted by atomic mass is 10.1. The zero-order valence-corrected chi connectivity index (χ0v) is 16.7. The van der Waals surface area contributed by atoms with Crippen LogP contribution in [0.15, 0.2) is 65.6 Å². The number of aromatic hydroxyl groups is 1. The maximum absolute atomic E-state index is 13.9. The number of rotatable bonds is 6. The van der Waals surface area contributed by atoms with Crippen molar-refractivity contribution in [2.75, 3.05) is 6.61 Å². The molecule has 156 valence electrons. The van der Waals surface area contributed by atoms with Gasteiger partial charge in [-0.25, -0.2) is 22.0 Å². The monoisotopic (exact) mass is 432 g/mol. The molecule has 0 heterocycles. The molecular weight excluding hydrogens is 414 g/mol. The fraction of sp³-hybridized carbons (Fsp3) is 0.136. The second-order valence-corrected chi connectivity index (χ2v) is 8.46. The minimum Gasteiger partial charge on any atom is -0.508 e. The highest BCUT2D eigenvalue weighted by Crippen LogP contribution is 2.28. The molecule has 0 aliphatic heterocycles. The molecule has 0 unspecified atom stereocenters. The highest BCUT2D eigenvalue weighted by Gasteiger charge is 2.20. The van der Waals surface area contributed by atoms with Crippen LogP contribution in [0.3, 0.4) is 0 Å². The van der Waals surface area contributed by atoms with E-state index in [1.807, 2.05) is 0 Å². The third-order valence-electron chi connectivity index (χ3n) is 4.39. The molecule has 0 radical (unpaired) electrons. The van der Waals surface area contributed by atoms with Gasteiger partial charge in [0.15, 0.2) is 9.84 Å². The van der Waals surface area contributed by atoms with Gasteiger partial charge in [-0.05, 0) is 55.0 Å². The third-order valence-corrected chi connectivity index (χ3v) is 6.07. The van der Waals surface area contributed by atoms with Gasteiger partial charge in [0.1, 0.15) is 17.4 Å². The molecule has 0 atom stereocenters. The van der Waals surface area contributed by atoms with Gasteiger partial charge in [-0.15, -0.1) is 0 Å². The molecule has 0 saturated carbocycles. The first kappa shape index (κ1) is 21.4. The molecule has 0 aromatic heterocycles. The van der Waals surface area contributed by atoms with Gasteiger partial charge in [0.25, 0.3) is 0 Å². The number of ether oxygens (including phenoxy) is 1. The van der Waals surface area contributed by atoms with Gasteiger partial charge in [-0.3, -0.25) is 0 Å². The number of esters is 1. The van der Waals surface area contributed by atoms with Crippen LogP contribution in [0.5, 0.6) is 5.75 Å². The van der Waals surface area contributed by atoms with Crippen molar-refractivity contribution in [1.29, 1.82) is 0 Å². The van der Waals surface area contributed by atoms with Crippen LogP contribution in [0.25, 0.3) is 11.1 Å². The Labute approximate surface area is 172 Å². The van der Waals surface area contributed by atoms with Crippen molar-refractivity contribution in [3.8, 4) is 16.9 Å². The Kier molecular flexibility index (Phi) is 6.17. The van der Waals surface area contributed by atoms with Crippen molar-refractivity contribution < 1.29 is 31.8 Å². The van der Waals surface area contributed by atoms with Crippen molar-refractivity contribution in [3.05, 3.63) is 83.4 Å². The minimum absolute atomic E-state index is 0.0466. The SMILES string of the molecule is CCOC(=O)c1ccc(O)c(CS(=O)(=O)c2ccc(-c3ccc(F)cc3F)cc2)c1. The van der Waals surface area contributed by atoms with Crippen LogP contribution in [0.4, 0.5) is 8.78 Å². The average Bonchev–Trinajstić information content (AvgIpc) is 2.70. The molecule has 3 rings (SSSR count). The maximum atomic E-state index is 13.9. The number of hydrogen-bond donors (Lipinski definition) is 1. The van der Waals surface area contributed by atoms with E-state index in [1.165, 1.54) is 48.5 Å². The molecule has 3 aromatic rings. The zero-order valence-electron chi connectivity index (χ0n) is 15.9. The first-order valence-corrected chi connectivity index (χ1v) is 10.6. The molecule has 0 amide bonds. The number of sulfone groups is 1. The molecule has 3 aromatic carbocycles. The van der Waals surface area contributed by atoms with Gasteiger partial charge < -0.3 is 9.84 Å². The largest absolute Gasteiger partial charge is 0.508 e. The average molecular weight is 432 g/mol. The molecule has 0 fully saturated rings. The molecule has 5 nitrogen and oxygen atoms in total. The Hall–Kier alpha value is -3.26. The van der Waals surface area contributed by atoms with E-state index in [-0.39, 0.29) is 33.9 Å². The molecule has 1 N–H and O–H groups in total. The maximum Gasteiger partial charge on any atom is 0.338 e. The third kappa shape index (κ3) is 4.65. The van der Waals surface area contributed by atoms with Crippen LogP contribution in [-0.2, 0) is 20.3 Å². The van der Waals surface area contributed by atoms with Crippen LogP contribution in [0.2, 0.25) is 0 Å². The van der Waals surface area contributed by atoms with E-state index in [2.05, 4.69) is 0 Å². The first-order chi connectivity index (χ1) is 14.2. The quantitative estimate of drug-likeness (QED) is 0.581. The number of benzene rings is 3. The zero-order chi connectivity index (χ0) is 21.9. The van der Waals surface area contributed by atoms with Crippen molar-refractivity contribution in [2.45, 2.75) is 17.6 Å². The van der Waals surface area contributed by atoms with Crippen molar-refractivity contribution in [2.24, 2.45) is 0 Å². The second-order valence-electron chi connectivity index (χ2n) is 6.47. The Bertz CT molecular complexity index is 1190. The first-order valence-electron chi connectivity index (χ1n) is 8.98. The van der Waals surface area contributed by atoms with Crippen LogP contribution in [-0.4, -0.2) is 26.1 Å². The molecular formula is C22H18F2O5S. The Morgan fingerprint density at radius 2 is 1.70 bits per heavy atom. The van der Waals surface area contributed by atoms with E-state index in [4.69, 9.17) is 4.74 Å². The van der Waals surface area contributed by atoms with Crippen LogP contribution in [0, 0.1) is 11.6 Å². The van der Waals surface area contributed by atoms with Gasteiger partial charge in [-0.2, -0.15) is 0 Å². The van der Waals surface area contributed by atoms with E-state index in [1.54, 1.807) is 6.92 Å². The fourth-order valence-corrected chi connectivity index (χ4v) is 4.25. The summed E-state index contributed by atoms with van der Waals surface area (Å²) in [6, 6.07) is 12.4. The fourth-order valence-electron chi connectivity index (χ4n) is 2.90. The molecule has 0 spiro atoms. The summed E-state index contributed by atoms with van der Waals surface area (Å²) in [6.07, 6.45) is 0. The topological polar surface area (TPSA) is 80.7 Å². The second kappa shape index (κ2) is 8.62. The Morgan fingerprint density at radius 3 is 2.33 bits per heavy atom. The van der Waals surface area contributed by atoms with Gasteiger partial charge in [0, 0.05) is 17.2 Å². The summed E-state index contributed by atoms with van der Waals surface area (Å²) in [7, 11) is -3.87. The van der Waals surface area contributed by atoms with Gasteiger partial charge in [-0.1, -0.05) is 12.1 Å². The Balaban J connectivity index is 1.87. The van der Waals surface area contributed by atoms with E-state index < -0.39 is 33.2 Å². The molecule has 0 aliphatic rings. The number of halogens is 2. The van der Waals surface area contributed by atoms with Crippen molar-refractivity contribution >= 4 is 15.8 Å². The van der Waals surface area contributed by atoms with E-state index in [0.29, 0.717) is 5.56 Å². The molecule has 30 heavy (non-hydrogen) atoms. The number of hydrogen-bond acceptors (Lipinski definition) is 5. The van der Waals surface area contributed by atoms with E-state index >= 15 is 0 Å². The molecule has 0 saturated heterocycles. The highest BCUT2D eigenvalue weighted by atomic mass is 32.2. The lowest BCUT2D eigenvalue weighted by Gasteiger charge is -2.10. The van der Waals surface area contributed by atoms with E-state index in [0.717, 1.165) is 12.1 Å². The summed E-state index contributed by atoms with van der Waals surface area (Å²) in [6.45, 7) is 1.81. The van der Waals surface area contributed by atoms with Crippen molar-refractivity contribution in [1.82, 2.24) is 0 Å². The van der Waals surface area contributed by atoms with Gasteiger partial charge in [0.2, 0.25) is 0 Å². The normalized spacial score (nSPS) is 11.3. The summed E-state index contributed by atoms with van der Waals surface area (Å²) < 4.78 is 57.4. The molecule has 0 bridgehead atoms. The summed E-state index contributed by atoms with van der Waals surface area (Å²) in [5, 5.41) is 10.0. The summed E-state index contributed by atoms with van der Waals surface area (Å²) in [5.74, 6) is -2.90. The molecule has 0 aliphatic carbocycles. The predicted molar refractivity (Wildman–Crippen MR) is 107 cm³/mol. The van der Waals surface area contributed by atoms with Crippen molar-refractivity contribution in [3.63, 3.8) is 0 Å². The van der Waals surface area contributed by atoms with E-state index in [9.17, 15) is 27.1 Å². The van der Waals surface area contributed by atoms with Gasteiger partial charge >= 0.3 is 5.97 Å². The Morgan fingerprint density at radius 1 is 1.00 bits per heavy atom. The molecule has 8 heteroatoms. The summed E-state index contributed by atoms with van der Waals surface area (Å²) in [5.41, 5.74) is 0.704.